The summed E-state index contributed by atoms with van der Waals surface area (Å²) in [6, 6.07) is 14.2. The van der Waals surface area contributed by atoms with Crippen molar-refractivity contribution in [3.63, 3.8) is 0 Å². The average molecular weight is 349 g/mol. The topological polar surface area (TPSA) is 63.1 Å². The number of aromatic nitrogens is 1. The van der Waals surface area contributed by atoms with Crippen LogP contribution in [0.25, 0.3) is 21.8 Å². The summed E-state index contributed by atoms with van der Waals surface area (Å²) < 4.78 is 2.25. The molecular formula is C21H23N3O2. The van der Waals surface area contributed by atoms with Crippen LogP contribution in [0.4, 0.5) is 5.69 Å². The van der Waals surface area contributed by atoms with Gasteiger partial charge in [0.25, 0.3) is 0 Å². The van der Waals surface area contributed by atoms with Gasteiger partial charge >= 0.3 is 11.8 Å². The molecule has 4 rings (SSSR count). The summed E-state index contributed by atoms with van der Waals surface area (Å²) in [5.74, 6) is -1.15. The first kappa shape index (κ1) is 16.6. The molecule has 0 spiro atoms. The molecule has 2 N–H and O–H groups in total. The third-order valence-electron chi connectivity index (χ3n) is 5.24. The molecule has 0 saturated heterocycles. The van der Waals surface area contributed by atoms with E-state index in [-0.39, 0.29) is 6.04 Å². The minimum atomic E-state index is -0.601. The minimum absolute atomic E-state index is 0.137. The maximum atomic E-state index is 12.2. The number of hydrogen-bond acceptors (Lipinski definition) is 2. The number of amides is 2. The summed E-state index contributed by atoms with van der Waals surface area (Å²) in [6.45, 7) is 2.99. The third-order valence-corrected chi connectivity index (χ3v) is 5.24. The molecule has 5 nitrogen and oxygen atoms in total. The Balaban J connectivity index is 1.60. The van der Waals surface area contributed by atoms with Crippen LogP contribution in [0.1, 0.15) is 32.6 Å². The van der Waals surface area contributed by atoms with Crippen molar-refractivity contribution in [2.75, 3.05) is 5.32 Å². The zero-order chi connectivity index (χ0) is 18.1. The number of hydrogen-bond donors (Lipinski definition) is 2. The number of carbonyl (C=O) groups excluding carboxylic acids is 2. The van der Waals surface area contributed by atoms with E-state index in [4.69, 9.17) is 0 Å². The SMILES string of the molecule is CCn1c2ccccc2c2cc(NC(=O)C(=O)NC3CCCC3)ccc21. The van der Waals surface area contributed by atoms with Crippen LogP contribution in [0.15, 0.2) is 42.5 Å². The largest absolute Gasteiger partial charge is 0.345 e. The molecule has 1 heterocycles. The van der Waals surface area contributed by atoms with Gasteiger partial charge in [-0.3, -0.25) is 9.59 Å². The third kappa shape index (κ3) is 2.94. The maximum Gasteiger partial charge on any atom is 0.313 e. The Hall–Kier alpha value is -2.82. The number of anilines is 1. The molecule has 0 unspecified atom stereocenters. The van der Waals surface area contributed by atoms with Crippen molar-refractivity contribution in [1.82, 2.24) is 9.88 Å². The second-order valence-corrected chi connectivity index (χ2v) is 6.90. The molecule has 0 atom stereocenters. The Morgan fingerprint density at radius 2 is 1.73 bits per heavy atom. The summed E-state index contributed by atoms with van der Waals surface area (Å²) in [5, 5.41) is 7.79. The van der Waals surface area contributed by atoms with Gasteiger partial charge < -0.3 is 15.2 Å². The first-order chi connectivity index (χ1) is 12.7. The normalized spacial score (nSPS) is 14.8. The van der Waals surface area contributed by atoms with Gasteiger partial charge in [0.1, 0.15) is 0 Å². The van der Waals surface area contributed by atoms with E-state index < -0.39 is 11.8 Å². The molecule has 2 aromatic carbocycles. The average Bonchev–Trinajstić information content (AvgIpc) is 3.27. The van der Waals surface area contributed by atoms with E-state index in [0.717, 1.165) is 48.5 Å². The van der Waals surface area contributed by atoms with Crippen molar-refractivity contribution in [3.05, 3.63) is 42.5 Å². The van der Waals surface area contributed by atoms with E-state index >= 15 is 0 Å². The first-order valence-corrected chi connectivity index (χ1v) is 9.30. The van der Waals surface area contributed by atoms with Gasteiger partial charge in [0.2, 0.25) is 0 Å². The number of fused-ring (bicyclic) bond motifs is 3. The van der Waals surface area contributed by atoms with Crippen molar-refractivity contribution >= 4 is 39.3 Å². The quantitative estimate of drug-likeness (QED) is 0.706. The van der Waals surface area contributed by atoms with Gasteiger partial charge in [-0.25, -0.2) is 0 Å². The standard InChI is InChI=1S/C21H23N3O2/c1-2-24-18-10-6-5-9-16(18)17-13-15(11-12-19(17)24)23-21(26)20(25)22-14-7-3-4-8-14/h5-6,9-14H,2-4,7-8H2,1H3,(H,22,25)(H,23,26). The van der Waals surface area contributed by atoms with Gasteiger partial charge in [-0.1, -0.05) is 31.0 Å². The van der Waals surface area contributed by atoms with Crippen LogP contribution >= 0.6 is 0 Å². The summed E-state index contributed by atoms with van der Waals surface area (Å²) in [5.41, 5.74) is 2.94. The lowest BCUT2D eigenvalue weighted by Gasteiger charge is -2.12. The summed E-state index contributed by atoms with van der Waals surface area (Å²) in [6.07, 6.45) is 4.15. The van der Waals surface area contributed by atoms with Gasteiger partial charge in [-0.15, -0.1) is 0 Å². The lowest BCUT2D eigenvalue weighted by molar-refractivity contribution is -0.136. The number of nitrogens with one attached hydrogen (secondary N) is 2. The molecule has 134 valence electrons. The van der Waals surface area contributed by atoms with E-state index in [1.165, 1.54) is 5.52 Å². The van der Waals surface area contributed by atoms with E-state index in [9.17, 15) is 9.59 Å². The molecule has 2 amide bonds. The molecule has 0 radical (unpaired) electrons. The molecule has 0 bridgehead atoms. The summed E-state index contributed by atoms with van der Waals surface area (Å²) >= 11 is 0. The highest BCUT2D eigenvalue weighted by Gasteiger charge is 2.21. The lowest BCUT2D eigenvalue weighted by Crippen LogP contribution is -2.40. The first-order valence-electron chi connectivity index (χ1n) is 9.30. The van der Waals surface area contributed by atoms with Gasteiger partial charge in [0.15, 0.2) is 0 Å². The predicted molar refractivity (Wildman–Crippen MR) is 104 cm³/mol. The van der Waals surface area contributed by atoms with Crippen LogP contribution in [0.5, 0.6) is 0 Å². The molecule has 5 heteroatoms. The van der Waals surface area contributed by atoms with Gasteiger partial charge in [0.05, 0.1) is 0 Å². The zero-order valence-electron chi connectivity index (χ0n) is 14.9. The Labute approximate surface area is 152 Å². The van der Waals surface area contributed by atoms with E-state index in [0.29, 0.717) is 5.69 Å². The predicted octanol–water partition coefficient (Wildman–Crippen LogP) is 3.81. The molecular weight excluding hydrogens is 326 g/mol. The number of rotatable bonds is 3. The van der Waals surface area contributed by atoms with Crippen LogP contribution in [-0.2, 0) is 16.1 Å². The van der Waals surface area contributed by atoms with Gasteiger partial charge in [0, 0.05) is 40.1 Å². The Kier molecular flexibility index (Phi) is 4.37. The van der Waals surface area contributed by atoms with Crippen LogP contribution in [-0.4, -0.2) is 22.4 Å². The van der Waals surface area contributed by atoms with Crippen LogP contribution in [0.3, 0.4) is 0 Å². The summed E-state index contributed by atoms with van der Waals surface area (Å²) in [4.78, 5) is 24.3. The molecule has 3 aromatic rings. The molecule has 0 aliphatic heterocycles. The highest BCUT2D eigenvalue weighted by Crippen LogP contribution is 2.31. The molecule has 1 saturated carbocycles. The minimum Gasteiger partial charge on any atom is -0.345 e. The number of carbonyl (C=O) groups is 2. The highest BCUT2D eigenvalue weighted by molar-refractivity contribution is 6.39. The van der Waals surface area contributed by atoms with Crippen molar-refractivity contribution in [3.8, 4) is 0 Å². The monoisotopic (exact) mass is 349 g/mol. The number of para-hydroxylation sites is 1. The molecule has 26 heavy (non-hydrogen) atoms. The second kappa shape index (κ2) is 6.83. The van der Waals surface area contributed by atoms with Crippen LogP contribution in [0.2, 0.25) is 0 Å². The number of benzene rings is 2. The van der Waals surface area contributed by atoms with E-state index in [2.05, 4.69) is 34.3 Å². The Morgan fingerprint density at radius 1 is 1.00 bits per heavy atom. The summed E-state index contributed by atoms with van der Waals surface area (Å²) in [7, 11) is 0. The van der Waals surface area contributed by atoms with Crippen molar-refractivity contribution in [2.45, 2.75) is 45.2 Å². The Bertz CT molecular complexity index is 983. The fraction of sp³-hybridized carbons (Fsp3) is 0.333. The fourth-order valence-corrected chi connectivity index (χ4v) is 3.98. The molecule has 1 fully saturated rings. The molecule has 1 aliphatic carbocycles. The number of nitrogens with zero attached hydrogens (tertiary/aromatic N) is 1. The number of aryl methyl sites for hydroxylation is 1. The maximum absolute atomic E-state index is 12.2. The lowest BCUT2D eigenvalue weighted by atomic mass is 10.1. The molecule has 1 aliphatic rings. The van der Waals surface area contributed by atoms with E-state index in [1.807, 2.05) is 30.3 Å². The Morgan fingerprint density at radius 3 is 2.50 bits per heavy atom. The van der Waals surface area contributed by atoms with Crippen LogP contribution in [0, 0.1) is 0 Å². The fourth-order valence-electron chi connectivity index (χ4n) is 3.98. The second-order valence-electron chi connectivity index (χ2n) is 6.90. The van der Waals surface area contributed by atoms with Gasteiger partial charge in [-0.05, 0) is 44.0 Å². The van der Waals surface area contributed by atoms with Crippen molar-refractivity contribution in [1.29, 1.82) is 0 Å². The van der Waals surface area contributed by atoms with Crippen LogP contribution < -0.4 is 10.6 Å². The molecule has 1 aromatic heterocycles. The van der Waals surface area contributed by atoms with E-state index in [1.54, 1.807) is 0 Å². The highest BCUT2D eigenvalue weighted by atomic mass is 16.2. The van der Waals surface area contributed by atoms with Crippen molar-refractivity contribution < 1.29 is 9.59 Å². The zero-order valence-corrected chi connectivity index (χ0v) is 14.9. The van der Waals surface area contributed by atoms with Gasteiger partial charge in [-0.2, -0.15) is 0 Å². The smallest absolute Gasteiger partial charge is 0.313 e. The van der Waals surface area contributed by atoms with Crippen molar-refractivity contribution in [2.24, 2.45) is 0 Å².